The van der Waals surface area contributed by atoms with Crippen molar-refractivity contribution < 1.29 is 0 Å². The Morgan fingerprint density at radius 1 is 1.47 bits per heavy atom. The second-order valence-electron chi connectivity index (χ2n) is 3.77. The molecule has 1 aromatic heterocycles. The third kappa shape index (κ3) is 2.82. The summed E-state index contributed by atoms with van der Waals surface area (Å²) in [5.41, 5.74) is 2.61. The highest BCUT2D eigenvalue weighted by atomic mass is 15.2. The van der Waals surface area contributed by atoms with Gasteiger partial charge in [0.25, 0.3) is 0 Å². The summed E-state index contributed by atoms with van der Waals surface area (Å²) < 4.78 is 0. The molecular formula is C12H13N5. The topological polar surface area (TPSA) is 77.4 Å². The molecule has 0 radical (unpaired) electrons. The van der Waals surface area contributed by atoms with Gasteiger partial charge in [-0.25, -0.2) is 4.98 Å². The van der Waals surface area contributed by atoms with Crippen molar-refractivity contribution in [3.05, 3.63) is 41.5 Å². The Morgan fingerprint density at radius 2 is 2.35 bits per heavy atom. The smallest absolute Gasteiger partial charge is 0.137 e. The Bertz CT molecular complexity index is 524. The van der Waals surface area contributed by atoms with E-state index >= 15 is 0 Å². The molecule has 0 saturated carbocycles. The van der Waals surface area contributed by atoms with Gasteiger partial charge in [0.1, 0.15) is 18.2 Å². The van der Waals surface area contributed by atoms with Gasteiger partial charge in [-0.3, -0.25) is 5.10 Å². The minimum Gasteiger partial charge on any atom is -0.384 e. The molecule has 0 fully saturated rings. The molecular weight excluding hydrogens is 214 g/mol. The third-order valence-electron chi connectivity index (χ3n) is 2.44. The molecule has 0 unspecified atom stereocenters. The van der Waals surface area contributed by atoms with Crippen molar-refractivity contribution in [3.8, 4) is 6.07 Å². The highest BCUT2D eigenvalue weighted by Gasteiger charge is 2.02. The van der Waals surface area contributed by atoms with Crippen molar-refractivity contribution in [1.82, 2.24) is 15.2 Å². The molecule has 5 nitrogen and oxygen atoms in total. The van der Waals surface area contributed by atoms with E-state index < -0.39 is 0 Å². The Kier molecular flexibility index (Phi) is 3.36. The van der Waals surface area contributed by atoms with Crippen LogP contribution in [0.15, 0.2) is 24.5 Å². The maximum atomic E-state index is 9.01. The van der Waals surface area contributed by atoms with Crippen molar-refractivity contribution in [2.24, 2.45) is 0 Å². The van der Waals surface area contributed by atoms with Crippen LogP contribution in [0.1, 0.15) is 17.0 Å². The number of nitrogens with one attached hydrogen (secondary N) is 2. The van der Waals surface area contributed by atoms with E-state index in [1.54, 1.807) is 0 Å². The fourth-order valence-corrected chi connectivity index (χ4v) is 1.57. The zero-order valence-electron chi connectivity index (χ0n) is 9.57. The minimum absolute atomic E-state index is 0.669. The predicted octanol–water partition coefficient (Wildman–Crippen LogP) is 1.64. The van der Waals surface area contributed by atoms with Crippen LogP contribution in [0.4, 0.5) is 5.69 Å². The molecule has 2 rings (SSSR count). The van der Waals surface area contributed by atoms with Crippen LogP contribution in [0.3, 0.4) is 0 Å². The van der Waals surface area contributed by atoms with Crippen LogP contribution in [0.5, 0.6) is 0 Å². The average molecular weight is 227 g/mol. The SMILES string of the molecule is Cc1ccc(NCCc2ncn[nH]2)c(C#N)c1. The van der Waals surface area contributed by atoms with Gasteiger partial charge in [0.2, 0.25) is 0 Å². The number of aromatic nitrogens is 3. The standard InChI is InChI=1S/C12H13N5/c1-9-2-3-11(10(6-9)7-13)14-5-4-12-15-8-16-17-12/h2-3,6,8,14H,4-5H2,1H3,(H,15,16,17). The number of benzene rings is 1. The van der Waals surface area contributed by atoms with Crippen molar-refractivity contribution in [2.45, 2.75) is 13.3 Å². The van der Waals surface area contributed by atoms with E-state index in [4.69, 9.17) is 5.26 Å². The van der Waals surface area contributed by atoms with Crippen LogP contribution in [-0.4, -0.2) is 21.7 Å². The summed E-state index contributed by atoms with van der Waals surface area (Å²) in [7, 11) is 0. The molecule has 0 saturated heterocycles. The summed E-state index contributed by atoms with van der Waals surface area (Å²) in [6.45, 7) is 2.69. The Morgan fingerprint density at radius 3 is 3.06 bits per heavy atom. The molecule has 0 aliphatic heterocycles. The Balaban J connectivity index is 1.97. The van der Waals surface area contributed by atoms with Gasteiger partial charge in [-0.05, 0) is 24.6 Å². The number of hydrogen-bond donors (Lipinski definition) is 2. The van der Waals surface area contributed by atoms with Gasteiger partial charge in [0, 0.05) is 13.0 Å². The summed E-state index contributed by atoms with van der Waals surface area (Å²) >= 11 is 0. The largest absolute Gasteiger partial charge is 0.384 e. The number of hydrogen-bond acceptors (Lipinski definition) is 4. The second kappa shape index (κ2) is 5.12. The number of nitrogens with zero attached hydrogens (tertiary/aromatic N) is 3. The highest BCUT2D eigenvalue weighted by Crippen LogP contribution is 2.15. The number of aromatic amines is 1. The number of H-pyrrole nitrogens is 1. The van der Waals surface area contributed by atoms with Gasteiger partial charge in [-0.1, -0.05) is 6.07 Å². The molecule has 0 aliphatic rings. The first kappa shape index (κ1) is 11.1. The quantitative estimate of drug-likeness (QED) is 0.832. The minimum atomic E-state index is 0.669. The molecule has 0 amide bonds. The molecule has 1 aromatic carbocycles. The fourth-order valence-electron chi connectivity index (χ4n) is 1.57. The van der Waals surface area contributed by atoms with Crippen LogP contribution in [-0.2, 0) is 6.42 Å². The highest BCUT2D eigenvalue weighted by molar-refractivity contribution is 5.58. The number of rotatable bonds is 4. The molecule has 5 heteroatoms. The summed E-state index contributed by atoms with van der Waals surface area (Å²) in [6.07, 6.45) is 2.24. The molecule has 0 bridgehead atoms. The van der Waals surface area contributed by atoms with Crippen LogP contribution in [0.25, 0.3) is 0 Å². The van der Waals surface area contributed by atoms with E-state index in [1.165, 1.54) is 6.33 Å². The first-order chi connectivity index (χ1) is 8.29. The van der Waals surface area contributed by atoms with Gasteiger partial charge in [-0.15, -0.1) is 0 Å². The molecule has 0 aliphatic carbocycles. The summed E-state index contributed by atoms with van der Waals surface area (Å²) in [4.78, 5) is 4.03. The molecule has 2 N–H and O–H groups in total. The van der Waals surface area contributed by atoms with Crippen molar-refractivity contribution >= 4 is 5.69 Å². The number of anilines is 1. The lowest BCUT2D eigenvalue weighted by molar-refractivity contribution is 0.901. The Hall–Kier alpha value is -2.35. The second-order valence-corrected chi connectivity index (χ2v) is 3.77. The van der Waals surface area contributed by atoms with Gasteiger partial charge >= 0.3 is 0 Å². The molecule has 1 heterocycles. The zero-order valence-corrected chi connectivity index (χ0v) is 9.57. The lowest BCUT2D eigenvalue weighted by atomic mass is 10.1. The normalized spacial score (nSPS) is 9.88. The van der Waals surface area contributed by atoms with E-state index in [-0.39, 0.29) is 0 Å². The number of aryl methyl sites for hydroxylation is 1. The molecule has 17 heavy (non-hydrogen) atoms. The van der Waals surface area contributed by atoms with E-state index in [2.05, 4.69) is 26.6 Å². The van der Waals surface area contributed by atoms with Crippen LogP contribution in [0, 0.1) is 18.3 Å². The molecule has 86 valence electrons. The first-order valence-electron chi connectivity index (χ1n) is 5.38. The maximum absolute atomic E-state index is 9.01. The van der Waals surface area contributed by atoms with Gasteiger partial charge < -0.3 is 5.32 Å². The first-order valence-corrected chi connectivity index (χ1v) is 5.38. The van der Waals surface area contributed by atoms with E-state index in [0.29, 0.717) is 12.1 Å². The van der Waals surface area contributed by atoms with E-state index in [9.17, 15) is 0 Å². The average Bonchev–Trinajstić information content (AvgIpc) is 2.84. The molecule has 2 aromatic rings. The van der Waals surface area contributed by atoms with Crippen molar-refractivity contribution in [1.29, 1.82) is 5.26 Å². The van der Waals surface area contributed by atoms with Gasteiger partial charge in [0.15, 0.2) is 0 Å². The van der Waals surface area contributed by atoms with Gasteiger partial charge in [-0.2, -0.15) is 10.4 Å². The monoisotopic (exact) mass is 227 g/mol. The van der Waals surface area contributed by atoms with Crippen LogP contribution < -0.4 is 5.32 Å². The lowest BCUT2D eigenvalue weighted by Crippen LogP contribution is -2.07. The summed E-state index contributed by atoms with van der Waals surface area (Å²) in [5.74, 6) is 0.836. The van der Waals surface area contributed by atoms with Crippen molar-refractivity contribution in [2.75, 3.05) is 11.9 Å². The lowest BCUT2D eigenvalue weighted by Gasteiger charge is -2.07. The third-order valence-corrected chi connectivity index (χ3v) is 2.44. The van der Waals surface area contributed by atoms with Gasteiger partial charge in [0.05, 0.1) is 11.3 Å². The van der Waals surface area contributed by atoms with Crippen LogP contribution in [0.2, 0.25) is 0 Å². The maximum Gasteiger partial charge on any atom is 0.137 e. The summed E-state index contributed by atoms with van der Waals surface area (Å²) in [6, 6.07) is 7.96. The van der Waals surface area contributed by atoms with E-state index in [1.807, 2.05) is 25.1 Å². The van der Waals surface area contributed by atoms with Crippen LogP contribution >= 0.6 is 0 Å². The molecule has 0 atom stereocenters. The van der Waals surface area contributed by atoms with E-state index in [0.717, 1.165) is 23.5 Å². The molecule has 0 spiro atoms. The number of nitriles is 1. The predicted molar refractivity (Wildman–Crippen MR) is 64.5 cm³/mol. The zero-order chi connectivity index (χ0) is 12.1. The Labute approximate surface area is 99.5 Å². The summed E-state index contributed by atoms with van der Waals surface area (Å²) in [5, 5.41) is 18.8. The van der Waals surface area contributed by atoms with Crippen molar-refractivity contribution in [3.63, 3.8) is 0 Å². The fraction of sp³-hybridized carbons (Fsp3) is 0.250.